The molecule has 0 radical (unpaired) electrons. The van der Waals surface area contributed by atoms with Crippen molar-refractivity contribution in [2.24, 2.45) is 0 Å². The van der Waals surface area contributed by atoms with Gasteiger partial charge in [-0.05, 0) is 18.2 Å². The van der Waals surface area contributed by atoms with E-state index in [1.165, 1.54) is 0 Å². The van der Waals surface area contributed by atoms with Crippen molar-refractivity contribution in [1.82, 2.24) is 0 Å². The molecule has 1 atom stereocenters. The van der Waals surface area contributed by atoms with Crippen LogP contribution in [0.5, 0.6) is 0 Å². The zero-order valence-corrected chi connectivity index (χ0v) is 9.34. The molecule has 0 bridgehead atoms. The third-order valence-corrected chi connectivity index (χ3v) is 2.95. The van der Waals surface area contributed by atoms with E-state index in [0.29, 0.717) is 21.5 Å². The van der Waals surface area contributed by atoms with Gasteiger partial charge in [-0.25, -0.2) is 4.21 Å². The van der Waals surface area contributed by atoms with E-state index in [4.69, 9.17) is 23.2 Å². The van der Waals surface area contributed by atoms with Crippen molar-refractivity contribution >= 4 is 39.9 Å². The van der Waals surface area contributed by atoms with Crippen molar-refractivity contribution in [3.05, 3.63) is 28.2 Å². The van der Waals surface area contributed by atoms with Crippen molar-refractivity contribution in [3.8, 4) is 0 Å². The van der Waals surface area contributed by atoms with E-state index < -0.39 is 11.0 Å². The highest BCUT2D eigenvalue weighted by atomic mass is 35.5. The fourth-order valence-electron chi connectivity index (χ4n) is 0.771. The van der Waals surface area contributed by atoms with Crippen LogP contribution in [0.2, 0.25) is 10.0 Å². The zero-order chi connectivity index (χ0) is 9.84. The number of nitrogens with one attached hydrogen (secondary N) is 1. The third-order valence-electron chi connectivity index (χ3n) is 1.41. The molecule has 0 heterocycles. The van der Waals surface area contributed by atoms with Crippen LogP contribution in [0.15, 0.2) is 18.2 Å². The van der Waals surface area contributed by atoms with Gasteiger partial charge in [0.2, 0.25) is 0 Å². The van der Waals surface area contributed by atoms with Gasteiger partial charge in [0.1, 0.15) is 11.0 Å². The number of hydrogen-bond acceptors (Lipinski definition) is 1. The van der Waals surface area contributed by atoms with Gasteiger partial charge in [-0.3, -0.25) is 0 Å². The van der Waals surface area contributed by atoms with Crippen molar-refractivity contribution in [3.63, 3.8) is 0 Å². The highest BCUT2D eigenvalue weighted by Crippen LogP contribution is 2.25. The van der Waals surface area contributed by atoms with Crippen LogP contribution in [0, 0.1) is 0 Å². The Bertz CT molecular complexity index is 330. The Balaban J connectivity index is 2.87. The Kier molecular flexibility index (Phi) is 4.03. The zero-order valence-electron chi connectivity index (χ0n) is 7.01. The maximum atomic E-state index is 11.1. The van der Waals surface area contributed by atoms with Crippen molar-refractivity contribution in [2.75, 3.05) is 10.5 Å². The Morgan fingerprint density at radius 2 is 2.15 bits per heavy atom. The molecule has 0 fully saturated rings. The second-order valence-electron chi connectivity index (χ2n) is 2.36. The molecule has 0 saturated heterocycles. The highest BCUT2D eigenvalue weighted by Gasteiger charge is 2.02. The fraction of sp³-hybridized carbons (Fsp3) is 0.250. The molecular weight excluding hydrogens is 229 g/mol. The molecule has 0 amide bonds. The lowest BCUT2D eigenvalue weighted by Gasteiger charge is -2.06. The van der Waals surface area contributed by atoms with Crippen LogP contribution in [0.3, 0.4) is 0 Å². The second kappa shape index (κ2) is 4.84. The second-order valence-corrected chi connectivity index (χ2v) is 4.68. The Hall–Kier alpha value is -0.250. The Labute approximate surface area is 89.8 Å². The van der Waals surface area contributed by atoms with Gasteiger partial charge in [-0.1, -0.05) is 30.1 Å². The topological polar surface area (TPSA) is 29.1 Å². The van der Waals surface area contributed by atoms with Gasteiger partial charge in [0, 0.05) is 10.8 Å². The highest BCUT2D eigenvalue weighted by molar-refractivity contribution is 7.86. The molecule has 1 rings (SSSR count). The van der Waals surface area contributed by atoms with Crippen LogP contribution in [0.4, 0.5) is 5.69 Å². The van der Waals surface area contributed by atoms with Gasteiger partial charge in [-0.2, -0.15) is 0 Å². The predicted molar refractivity (Wildman–Crippen MR) is 58.8 cm³/mol. The average Bonchev–Trinajstić information content (AvgIpc) is 2.11. The van der Waals surface area contributed by atoms with Crippen LogP contribution in [0.1, 0.15) is 6.92 Å². The minimum absolute atomic E-state index is 0.520. The average molecular weight is 238 g/mol. The van der Waals surface area contributed by atoms with E-state index in [-0.39, 0.29) is 0 Å². The molecule has 1 N–H and O–H groups in total. The van der Waals surface area contributed by atoms with Crippen LogP contribution < -0.4 is 4.72 Å². The van der Waals surface area contributed by atoms with Gasteiger partial charge in [0.25, 0.3) is 0 Å². The summed E-state index contributed by atoms with van der Waals surface area (Å²) in [6, 6.07) is 5.00. The summed E-state index contributed by atoms with van der Waals surface area (Å²) >= 11 is 11.6. The van der Waals surface area contributed by atoms with Gasteiger partial charge >= 0.3 is 0 Å². The molecule has 1 aromatic rings. The number of anilines is 1. The summed E-state index contributed by atoms with van der Waals surface area (Å²) in [6.45, 7) is 1.82. The Morgan fingerprint density at radius 3 is 2.77 bits per heavy atom. The first-order valence-electron chi connectivity index (χ1n) is 3.73. The van der Waals surface area contributed by atoms with Crippen molar-refractivity contribution in [1.29, 1.82) is 0 Å². The van der Waals surface area contributed by atoms with Crippen LogP contribution in [0.25, 0.3) is 0 Å². The minimum Gasteiger partial charge on any atom is -0.304 e. The predicted octanol–water partition coefficient (Wildman–Crippen LogP) is 3.09. The van der Waals surface area contributed by atoms with Gasteiger partial charge in [0.05, 0.1) is 10.7 Å². The van der Waals surface area contributed by atoms with Crippen LogP contribution >= 0.6 is 23.2 Å². The monoisotopic (exact) mass is 237 g/mol. The molecule has 1 unspecified atom stereocenters. The number of rotatable bonds is 3. The molecule has 1 aromatic carbocycles. The van der Waals surface area contributed by atoms with E-state index in [9.17, 15) is 4.21 Å². The molecule has 0 spiro atoms. The van der Waals surface area contributed by atoms with E-state index in [1.807, 2.05) is 6.92 Å². The largest absolute Gasteiger partial charge is 0.304 e. The molecule has 13 heavy (non-hydrogen) atoms. The third kappa shape index (κ3) is 3.18. The quantitative estimate of drug-likeness (QED) is 0.861. The summed E-state index contributed by atoms with van der Waals surface area (Å²) in [5.41, 5.74) is 0.606. The summed E-state index contributed by atoms with van der Waals surface area (Å²) in [5, 5.41) is 1.09. The summed E-state index contributed by atoms with van der Waals surface area (Å²) < 4.78 is 13.9. The molecule has 0 aliphatic heterocycles. The molecular formula is C8H9Cl2NOS. The van der Waals surface area contributed by atoms with Crippen LogP contribution in [-0.2, 0) is 11.0 Å². The van der Waals surface area contributed by atoms with E-state index in [0.717, 1.165) is 0 Å². The van der Waals surface area contributed by atoms with Crippen LogP contribution in [-0.4, -0.2) is 9.96 Å². The van der Waals surface area contributed by atoms with E-state index >= 15 is 0 Å². The smallest absolute Gasteiger partial charge is 0.116 e. The standard InChI is InChI=1S/C8H9Cl2NOS/c1-2-13(12)11-8-5-6(9)3-4-7(8)10/h3-5,11H,2H2,1H3. The van der Waals surface area contributed by atoms with Gasteiger partial charge in [0.15, 0.2) is 0 Å². The molecule has 0 aromatic heterocycles. The SMILES string of the molecule is CCS(=O)Nc1cc(Cl)ccc1Cl. The van der Waals surface area contributed by atoms with E-state index in [2.05, 4.69) is 4.72 Å². The summed E-state index contributed by atoms with van der Waals surface area (Å²) in [4.78, 5) is 0. The first-order valence-corrected chi connectivity index (χ1v) is 5.81. The lowest BCUT2D eigenvalue weighted by atomic mass is 10.3. The molecule has 0 aliphatic carbocycles. The maximum absolute atomic E-state index is 11.1. The lowest BCUT2D eigenvalue weighted by molar-refractivity contribution is 0.687. The lowest BCUT2D eigenvalue weighted by Crippen LogP contribution is -2.06. The molecule has 72 valence electrons. The number of benzene rings is 1. The summed E-state index contributed by atoms with van der Waals surface area (Å²) in [5.74, 6) is 0.531. The maximum Gasteiger partial charge on any atom is 0.116 e. The first-order chi connectivity index (χ1) is 6.13. The minimum atomic E-state index is -1.09. The van der Waals surface area contributed by atoms with Gasteiger partial charge < -0.3 is 4.72 Å². The normalized spacial score (nSPS) is 12.5. The summed E-state index contributed by atoms with van der Waals surface area (Å²) in [6.07, 6.45) is 0. The summed E-state index contributed by atoms with van der Waals surface area (Å²) in [7, 11) is -1.09. The van der Waals surface area contributed by atoms with E-state index in [1.54, 1.807) is 18.2 Å². The van der Waals surface area contributed by atoms with Crippen molar-refractivity contribution in [2.45, 2.75) is 6.92 Å². The number of halogens is 2. The molecule has 5 heteroatoms. The van der Waals surface area contributed by atoms with Gasteiger partial charge in [-0.15, -0.1) is 0 Å². The first kappa shape index (κ1) is 10.8. The fourth-order valence-corrected chi connectivity index (χ4v) is 1.72. The Morgan fingerprint density at radius 1 is 1.46 bits per heavy atom. The number of hydrogen-bond donors (Lipinski definition) is 1. The molecule has 0 aliphatic rings. The van der Waals surface area contributed by atoms with Crippen molar-refractivity contribution < 1.29 is 4.21 Å². The molecule has 2 nitrogen and oxygen atoms in total. The molecule has 0 saturated carbocycles.